The first-order valence-electron chi connectivity index (χ1n) is 9.31. The van der Waals surface area contributed by atoms with E-state index in [0.717, 1.165) is 0 Å². The first-order valence-corrected chi connectivity index (χ1v) is 12.0. The quantitative estimate of drug-likeness (QED) is 0.548. The van der Waals surface area contributed by atoms with Gasteiger partial charge in [-0.25, -0.2) is 18.5 Å². The summed E-state index contributed by atoms with van der Waals surface area (Å²) < 4.78 is 29.0. The van der Waals surface area contributed by atoms with Crippen LogP contribution in [0.2, 0.25) is 5.02 Å². The zero-order chi connectivity index (χ0) is 22.8. The number of carbonyl (C=O) groups is 1. The fourth-order valence-electron chi connectivity index (χ4n) is 2.90. The molecule has 0 aliphatic heterocycles. The molecule has 1 unspecified atom stereocenters. The standard InChI is InChI=1S/C21H22ClN3O4S2/c1-13-20(30-19(24-13)12-29-17-9-7-16(22)8-10-17)21(26)25(3)14(2)15-5-4-6-18(11-15)31(23,27)28/h4-11,14H,12H2,1-3H3,(H2,23,27,28). The number of sulfonamides is 1. The Bertz CT molecular complexity index is 1190. The summed E-state index contributed by atoms with van der Waals surface area (Å²) in [5, 5.41) is 6.52. The van der Waals surface area contributed by atoms with E-state index in [1.165, 1.54) is 23.5 Å². The van der Waals surface area contributed by atoms with Gasteiger partial charge in [-0.3, -0.25) is 4.79 Å². The van der Waals surface area contributed by atoms with Gasteiger partial charge in [0.15, 0.2) is 0 Å². The van der Waals surface area contributed by atoms with Crippen molar-refractivity contribution in [3.05, 3.63) is 74.7 Å². The molecule has 0 saturated carbocycles. The van der Waals surface area contributed by atoms with Crippen molar-refractivity contribution in [1.29, 1.82) is 0 Å². The third-order valence-electron chi connectivity index (χ3n) is 4.78. The van der Waals surface area contributed by atoms with Crippen molar-refractivity contribution in [3.8, 4) is 5.75 Å². The molecule has 7 nitrogen and oxygen atoms in total. The Morgan fingerprint density at radius 1 is 1.26 bits per heavy atom. The molecule has 0 radical (unpaired) electrons. The number of aryl methyl sites for hydroxylation is 1. The molecule has 1 amide bonds. The van der Waals surface area contributed by atoms with E-state index in [1.807, 2.05) is 6.92 Å². The zero-order valence-corrected chi connectivity index (χ0v) is 19.6. The number of amides is 1. The third-order valence-corrected chi connectivity index (χ3v) is 7.06. The number of carbonyl (C=O) groups excluding carboxylic acids is 1. The Hall–Kier alpha value is -2.46. The molecule has 3 rings (SSSR count). The summed E-state index contributed by atoms with van der Waals surface area (Å²) in [6.45, 7) is 3.83. The Kier molecular flexibility index (Phi) is 7.00. The fraction of sp³-hybridized carbons (Fsp3) is 0.238. The van der Waals surface area contributed by atoms with Crippen LogP contribution in [0.3, 0.4) is 0 Å². The molecule has 1 aromatic heterocycles. The molecular weight excluding hydrogens is 458 g/mol. The van der Waals surface area contributed by atoms with Crippen LogP contribution < -0.4 is 9.88 Å². The molecule has 0 spiro atoms. The van der Waals surface area contributed by atoms with Crippen molar-refractivity contribution in [3.63, 3.8) is 0 Å². The van der Waals surface area contributed by atoms with Gasteiger partial charge >= 0.3 is 0 Å². The van der Waals surface area contributed by atoms with Crippen LogP contribution in [0.5, 0.6) is 5.75 Å². The summed E-state index contributed by atoms with van der Waals surface area (Å²) in [4.78, 5) is 19.6. The van der Waals surface area contributed by atoms with Gasteiger partial charge in [-0.05, 0) is 55.8 Å². The predicted molar refractivity (Wildman–Crippen MR) is 121 cm³/mol. The molecular formula is C21H22ClN3O4S2. The maximum Gasteiger partial charge on any atom is 0.266 e. The third kappa shape index (κ3) is 5.62. The highest BCUT2D eigenvalue weighted by Gasteiger charge is 2.24. The van der Waals surface area contributed by atoms with Crippen LogP contribution in [0, 0.1) is 6.92 Å². The number of primary sulfonamides is 1. The minimum atomic E-state index is -3.82. The number of thiazole rings is 1. The lowest BCUT2D eigenvalue weighted by Gasteiger charge is -2.25. The number of halogens is 1. The number of aromatic nitrogens is 1. The largest absolute Gasteiger partial charge is 0.486 e. The minimum absolute atomic E-state index is 0.00769. The Balaban J connectivity index is 1.74. The molecule has 0 saturated heterocycles. The summed E-state index contributed by atoms with van der Waals surface area (Å²) >= 11 is 7.14. The number of hydrogen-bond acceptors (Lipinski definition) is 6. The highest BCUT2D eigenvalue weighted by Crippen LogP contribution is 2.27. The smallest absolute Gasteiger partial charge is 0.266 e. The van der Waals surface area contributed by atoms with E-state index in [4.69, 9.17) is 21.5 Å². The van der Waals surface area contributed by atoms with E-state index in [1.54, 1.807) is 55.3 Å². The summed E-state index contributed by atoms with van der Waals surface area (Å²) in [5.41, 5.74) is 1.28. The molecule has 31 heavy (non-hydrogen) atoms. The van der Waals surface area contributed by atoms with Gasteiger partial charge in [0.05, 0.1) is 16.6 Å². The highest BCUT2D eigenvalue weighted by atomic mass is 35.5. The van der Waals surface area contributed by atoms with Crippen molar-refractivity contribution >= 4 is 38.9 Å². The number of hydrogen-bond donors (Lipinski definition) is 1. The zero-order valence-electron chi connectivity index (χ0n) is 17.2. The number of ether oxygens (including phenoxy) is 1. The second-order valence-electron chi connectivity index (χ2n) is 6.97. The van der Waals surface area contributed by atoms with E-state index in [9.17, 15) is 13.2 Å². The van der Waals surface area contributed by atoms with Gasteiger partial charge in [-0.15, -0.1) is 11.3 Å². The summed E-state index contributed by atoms with van der Waals surface area (Å²) in [5.74, 6) is 0.451. The highest BCUT2D eigenvalue weighted by molar-refractivity contribution is 7.89. The van der Waals surface area contributed by atoms with Crippen molar-refractivity contribution in [2.24, 2.45) is 5.14 Å². The molecule has 2 aromatic carbocycles. The average molecular weight is 480 g/mol. The lowest BCUT2D eigenvalue weighted by molar-refractivity contribution is 0.0746. The Labute approximate surface area is 190 Å². The maximum absolute atomic E-state index is 13.1. The monoisotopic (exact) mass is 479 g/mol. The first-order chi connectivity index (χ1) is 14.6. The topological polar surface area (TPSA) is 103 Å². The van der Waals surface area contributed by atoms with E-state index >= 15 is 0 Å². The minimum Gasteiger partial charge on any atom is -0.486 e. The molecule has 1 atom stereocenters. The molecule has 0 fully saturated rings. The van der Waals surface area contributed by atoms with Crippen LogP contribution in [-0.2, 0) is 16.6 Å². The fourth-order valence-corrected chi connectivity index (χ4v) is 4.55. The maximum atomic E-state index is 13.1. The normalized spacial score (nSPS) is 12.4. The van der Waals surface area contributed by atoms with Gasteiger partial charge in [0.1, 0.15) is 22.2 Å². The first kappa shape index (κ1) is 23.2. The molecule has 0 aliphatic carbocycles. The van der Waals surface area contributed by atoms with Gasteiger partial charge in [0.25, 0.3) is 5.91 Å². The molecule has 3 aromatic rings. The van der Waals surface area contributed by atoms with Crippen LogP contribution in [-0.4, -0.2) is 31.3 Å². The van der Waals surface area contributed by atoms with E-state index in [0.29, 0.717) is 31.9 Å². The number of rotatable bonds is 7. The van der Waals surface area contributed by atoms with Crippen molar-refractivity contribution in [2.75, 3.05) is 7.05 Å². The van der Waals surface area contributed by atoms with Crippen LogP contribution in [0.1, 0.15) is 38.9 Å². The predicted octanol–water partition coefficient (Wildman–Crippen LogP) is 4.16. The molecule has 164 valence electrons. The molecule has 10 heteroatoms. The van der Waals surface area contributed by atoms with E-state index in [2.05, 4.69) is 4.98 Å². The van der Waals surface area contributed by atoms with Gasteiger partial charge < -0.3 is 9.64 Å². The van der Waals surface area contributed by atoms with Crippen molar-refractivity contribution in [2.45, 2.75) is 31.4 Å². The summed E-state index contributed by atoms with van der Waals surface area (Å²) in [6.07, 6.45) is 0. The lowest BCUT2D eigenvalue weighted by atomic mass is 10.1. The van der Waals surface area contributed by atoms with Gasteiger partial charge in [0.2, 0.25) is 10.0 Å². The van der Waals surface area contributed by atoms with Crippen molar-refractivity contribution in [1.82, 2.24) is 9.88 Å². The molecule has 0 aliphatic rings. The Morgan fingerprint density at radius 2 is 1.94 bits per heavy atom. The summed E-state index contributed by atoms with van der Waals surface area (Å²) in [7, 11) is -2.16. The van der Waals surface area contributed by atoms with Crippen LogP contribution >= 0.6 is 22.9 Å². The number of benzene rings is 2. The second kappa shape index (κ2) is 9.35. The van der Waals surface area contributed by atoms with Crippen molar-refractivity contribution < 1.29 is 17.9 Å². The van der Waals surface area contributed by atoms with Crippen LogP contribution in [0.4, 0.5) is 0 Å². The second-order valence-corrected chi connectivity index (χ2v) is 10.1. The van der Waals surface area contributed by atoms with E-state index < -0.39 is 10.0 Å². The Morgan fingerprint density at radius 3 is 2.58 bits per heavy atom. The summed E-state index contributed by atoms with van der Waals surface area (Å²) in [6, 6.07) is 12.9. The van der Waals surface area contributed by atoms with E-state index in [-0.39, 0.29) is 23.5 Å². The molecule has 1 heterocycles. The SMILES string of the molecule is Cc1nc(COc2ccc(Cl)cc2)sc1C(=O)N(C)C(C)c1cccc(S(N)(=O)=O)c1. The van der Waals surface area contributed by atoms with Crippen LogP contribution in [0.15, 0.2) is 53.4 Å². The number of nitrogens with two attached hydrogens (primary N) is 1. The van der Waals surface area contributed by atoms with Gasteiger partial charge in [-0.1, -0.05) is 23.7 Å². The molecule has 0 bridgehead atoms. The van der Waals surface area contributed by atoms with Gasteiger partial charge in [0, 0.05) is 12.1 Å². The molecule has 2 N–H and O–H groups in total. The lowest BCUT2D eigenvalue weighted by Crippen LogP contribution is -2.29. The number of nitrogens with zero attached hydrogens (tertiary/aromatic N) is 2. The average Bonchev–Trinajstić information content (AvgIpc) is 3.11. The van der Waals surface area contributed by atoms with Crippen LogP contribution in [0.25, 0.3) is 0 Å². The van der Waals surface area contributed by atoms with Gasteiger partial charge in [-0.2, -0.15) is 0 Å².